The molecule has 5 heteroatoms. The molecule has 1 atom stereocenters. The summed E-state index contributed by atoms with van der Waals surface area (Å²) in [7, 11) is 0. The normalized spacial score (nSPS) is 20.5. The minimum absolute atomic E-state index is 0.0998. The van der Waals surface area contributed by atoms with E-state index in [0.717, 1.165) is 50.1 Å². The molecule has 1 fully saturated rings. The molecule has 4 rings (SSSR count). The molecule has 3 N–H and O–H groups in total. The van der Waals surface area contributed by atoms with E-state index in [9.17, 15) is 4.79 Å². The van der Waals surface area contributed by atoms with Crippen molar-refractivity contribution in [2.45, 2.75) is 31.3 Å². The van der Waals surface area contributed by atoms with Gasteiger partial charge in [0.1, 0.15) is 11.4 Å². The van der Waals surface area contributed by atoms with E-state index >= 15 is 0 Å². The van der Waals surface area contributed by atoms with Crippen LogP contribution in [0.15, 0.2) is 54.6 Å². The lowest BCUT2D eigenvalue weighted by molar-refractivity contribution is -0.124. The van der Waals surface area contributed by atoms with Gasteiger partial charge in [-0.3, -0.25) is 10.0 Å². The van der Waals surface area contributed by atoms with E-state index in [1.165, 1.54) is 17.2 Å². The maximum absolute atomic E-state index is 11.1. The SMILES string of the molecule is O=C(/C=C/c1ccc(CC2Cc3ccccc3OC23CCNCC3)cc1)NO. The lowest BCUT2D eigenvalue weighted by Crippen LogP contribution is -2.54. The fourth-order valence-corrected chi connectivity index (χ4v) is 4.40. The van der Waals surface area contributed by atoms with Crippen LogP contribution in [0.2, 0.25) is 0 Å². The molecule has 0 aromatic heterocycles. The molecule has 2 aromatic carbocycles. The summed E-state index contributed by atoms with van der Waals surface area (Å²) >= 11 is 0. The topological polar surface area (TPSA) is 70.6 Å². The average Bonchev–Trinajstić information content (AvgIpc) is 2.74. The first-order valence-corrected chi connectivity index (χ1v) is 9.87. The van der Waals surface area contributed by atoms with Gasteiger partial charge in [-0.05, 0) is 67.6 Å². The van der Waals surface area contributed by atoms with Crippen LogP contribution in [0.1, 0.15) is 29.5 Å². The molecule has 28 heavy (non-hydrogen) atoms. The summed E-state index contributed by atoms with van der Waals surface area (Å²) < 4.78 is 6.63. The van der Waals surface area contributed by atoms with Crippen molar-refractivity contribution in [1.82, 2.24) is 10.8 Å². The summed E-state index contributed by atoms with van der Waals surface area (Å²) in [6.07, 6.45) is 7.06. The number of piperidine rings is 1. The second kappa shape index (κ2) is 8.17. The van der Waals surface area contributed by atoms with Crippen LogP contribution in [-0.4, -0.2) is 29.8 Å². The van der Waals surface area contributed by atoms with Crippen LogP contribution < -0.4 is 15.5 Å². The Labute approximate surface area is 165 Å². The van der Waals surface area contributed by atoms with Crippen LogP contribution in [0, 0.1) is 5.92 Å². The van der Waals surface area contributed by atoms with Crippen LogP contribution >= 0.6 is 0 Å². The Hall–Kier alpha value is -2.63. The van der Waals surface area contributed by atoms with Crippen molar-refractivity contribution in [2.24, 2.45) is 5.92 Å². The van der Waals surface area contributed by atoms with E-state index in [4.69, 9.17) is 9.94 Å². The fourth-order valence-electron chi connectivity index (χ4n) is 4.40. The Bertz CT molecular complexity index is 854. The molecule has 0 bridgehead atoms. The van der Waals surface area contributed by atoms with Gasteiger partial charge in [-0.2, -0.15) is 0 Å². The summed E-state index contributed by atoms with van der Waals surface area (Å²) in [6, 6.07) is 16.7. The van der Waals surface area contributed by atoms with Crippen LogP contribution in [0.4, 0.5) is 0 Å². The smallest absolute Gasteiger partial charge is 0.267 e. The zero-order chi connectivity index (χ0) is 19.4. The molecule has 1 saturated heterocycles. The molecule has 2 aliphatic rings. The first-order valence-electron chi connectivity index (χ1n) is 9.87. The quantitative estimate of drug-likeness (QED) is 0.434. The van der Waals surface area contributed by atoms with Gasteiger partial charge in [0, 0.05) is 12.0 Å². The number of hydrogen-bond acceptors (Lipinski definition) is 4. The van der Waals surface area contributed by atoms with E-state index in [2.05, 4.69) is 41.7 Å². The van der Waals surface area contributed by atoms with E-state index in [0.29, 0.717) is 5.92 Å². The molecule has 146 valence electrons. The van der Waals surface area contributed by atoms with Crippen molar-refractivity contribution in [3.8, 4) is 5.75 Å². The minimum Gasteiger partial charge on any atom is -0.487 e. The van der Waals surface area contributed by atoms with Crippen molar-refractivity contribution in [3.63, 3.8) is 0 Å². The number of para-hydroxylation sites is 1. The summed E-state index contributed by atoms with van der Waals surface area (Å²) in [4.78, 5) is 11.1. The standard InChI is InChI=1S/C23H26N2O3/c26-22(25-27)10-9-17-5-7-18(8-6-17)15-20-16-19-3-1-2-4-21(19)28-23(20)11-13-24-14-12-23/h1-10,20,24,27H,11-16H2,(H,25,26)/b10-9+. The third kappa shape index (κ3) is 3.96. The van der Waals surface area contributed by atoms with Gasteiger partial charge in [0.15, 0.2) is 0 Å². The lowest BCUT2D eigenvalue weighted by Gasteiger charge is -2.47. The number of nitrogens with one attached hydrogen (secondary N) is 2. The molecular formula is C23H26N2O3. The number of amides is 1. The largest absolute Gasteiger partial charge is 0.487 e. The molecule has 1 amide bonds. The Balaban J connectivity index is 1.53. The molecule has 2 aromatic rings. The maximum Gasteiger partial charge on any atom is 0.267 e. The highest BCUT2D eigenvalue weighted by atomic mass is 16.5. The number of fused-ring (bicyclic) bond motifs is 1. The molecular weight excluding hydrogens is 352 g/mol. The summed E-state index contributed by atoms with van der Waals surface area (Å²) in [6.45, 7) is 1.99. The molecule has 5 nitrogen and oxygen atoms in total. The molecule has 0 aliphatic carbocycles. The number of hydrogen-bond donors (Lipinski definition) is 3. The Morgan fingerprint density at radius 3 is 2.68 bits per heavy atom. The van der Waals surface area contributed by atoms with Crippen molar-refractivity contribution < 1.29 is 14.7 Å². The van der Waals surface area contributed by atoms with E-state index in [1.807, 2.05) is 12.1 Å². The predicted octanol–water partition coefficient (Wildman–Crippen LogP) is 3.12. The van der Waals surface area contributed by atoms with E-state index in [-0.39, 0.29) is 5.60 Å². The van der Waals surface area contributed by atoms with Crippen LogP contribution in [0.5, 0.6) is 5.75 Å². The van der Waals surface area contributed by atoms with Gasteiger partial charge in [-0.1, -0.05) is 42.5 Å². The van der Waals surface area contributed by atoms with Crippen LogP contribution in [0.25, 0.3) is 6.08 Å². The Morgan fingerprint density at radius 1 is 1.18 bits per heavy atom. The van der Waals surface area contributed by atoms with Gasteiger partial charge in [-0.15, -0.1) is 0 Å². The van der Waals surface area contributed by atoms with Crippen molar-refractivity contribution in [1.29, 1.82) is 0 Å². The summed E-state index contributed by atoms with van der Waals surface area (Å²) in [5.41, 5.74) is 4.99. The zero-order valence-corrected chi connectivity index (χ0v) is 15.9. The molecule has 1 unspecified atom stereocenters. The van der Waals surface area contributed by atoms with E-state index < -0.39 is 5.91 Å². The monoisotopic (exact) mass is 378 g/mol. The third-order valence-electron chi connectivity index (χ3n) is 5.95. The van der Waals surface area contributed by atoms with Crippen molar-refractivity contribution >= 4 is 12.0 Å². The molecule has 2 aliphatic heterocycles. The summed E-state index contributed by atoms with van der Waals surface area (Å²) in [5.74, 6) is 0.948. The third-order valence-corrected chi connectivity index (χ3v) is 5.95. The van der Waals surface area contributed by atoms with Gasteiger partial charge in [0.2, 0.25) is 0 Å². The van der Waals surface area contributed by atoms with Gasteiger partial charge in [0.05, 0.1) is 0 Å². The number of benzene rings is 2. The molecule has 2 heterocycles. The number of carbonyl (C=O) groups excluding carboxylic acids is 1. The van der Waals surface area contributed by atoms with Crippen molar-refractivity contribution in [2.75, 3.05) is 13.1 Å². The van der Waals surface area contributed by atoms with Gasteiger partial charge in [0.25, 0.3) is 5.91 Å². The van der Waals surface area contributed by atoms with Gasteiger partial charge < -0.3 is 10.1 Å². The highest BCUT2D eigenvalue weighted by Crippen LogP contribution is 2.43. The maximum atomic E-state index is 11.1. The van der Waals surface area contributed by atoms with Gasteiger partial charge in [-0.25, -0.2) is 5.48 Å². The minimum atomic E-state index is -0.532. The first kappa shape index (κ1) is 18.7. The average molecular weight is 378 g/mol. The Kier molecular flexibility index (Phi) is 5.46. The summed E-state index contributed by atoms with van der Waals surface area (Å²) in [5, 5.41) is 12.0. The van der Waals surface area contributed by atoms with Crippen molar-refractivity contribution in [3.05, 3.63) is 71.3 Å². The van der Waals surface area contributed by atoms with Crippen LogP contribution in [-0.2, 0) is 17.6 Å². The van der Waals surface area contributed by atoms with Crippen LogP contribution in [0.3, 0.4) is 0 Å². The predicted molar refractivity (Wildman–Crippen MR) is 108 cm³/mol. The molecule has 0 saturated carbocycles. The zero-order valence-electron chi connectivity index (χ0n) is 15.9. The number of ether oxygens (including phenoxy) is 1. The lowest BCUT2D eigenvalue weighted by atomic mass is 9.72. The fraction of sp³-hybridized carbons (Fsp3) is 0.348. The first-order chi connectivity index (χ1) is 13.7. The highest BCUT2D eigenvalue weighted by Gasteiger charge is 2.45. The number of carbonyl (C=O) groups is 1. The van der Waals surface area contributed by atoms with Gasteiger partial charge >= 0.3 is 0 Å². The van der Waals surface area contributed by atoms with E-state index in [1.54, 1.807) is 11.6 Å². The molecule has 0 radical (unpaired) electrons. The Morgan fingerprint density at radius 2 is 1.93 bits per heavy atom. The number of rotatable bonds is 4. The molecule has 1 spiro atoms. The highest BCUT2D eigenvalue weighted by molar-refractivity contribution is 5.90. The second-order valence-electron chi connectivity index (χ2n) is 7.68. The number of hydroxylamine groups is 1. The second-order valence-corrected chi connectivity index (χ2v) is 7.68.